The molecule has 0 radical (unpaired) electrons. The number of methoxy groups -OCH3 is 1. The van der Waals surface area contributed by atoms with Crippen LogP contribution in [0.3, 0.4) is 0 Å². The smallest absolute Gasteiger partial charge is 0.339 e. The molecule has 0 rings (SSSR count). The molecular formula is C4H5Cl3O3. The summed E-state index contributed by atoms with van der Waals surface area (Å²) < 4.78 is 2.08. The summed E-state index contributed by atoms with van der Waals surface area (Å²) in [7, 11) is 1.09. The van der Waals surface area contributed by atoms with Gasteiger partial charge in [-0.3, -0.25) is 0 Å². The summed E-state index contributed by atoms with van der Waals surface area (Å²) in [4.78, 5) is 10.4. The van der Waals surface area contributed by atoms with Crippen molar-refractivity contribution in [2.24, 2.45) is 0 Å². The topological polar surface area (TPSA) is 46.5 Å². The molecular weight excluding hydrogens is 202 g/mol. The van der Waals surface area contributed by atoms with Gasteiger partial charge in [0.15, 0.2) is 6.10 Å². The van der Waals surface area contributed by atoms with Gasteiger partial charge in [-0.2, -0.15) is 0 Å². The summed E-state index contributed by atoms with van der Waals surface area (Å²) in [6.45, 7) is 0. The molecule has 0 bridgehead atoms. The Balaban J connectivity index is 4.08. The maximum Gasteiger partial charge on any atom is 0.339 e. The first-order chi connectivity index (χ1) is 4.39. The summed E-state index contributed by atoms with van der Waals surface area (Å²) in [6.07, 6.45) is -1.73. The molecule has 10 heavy (non-hydrogen) atoms. The van der Waals surface area contributed by atoms with E-state index >= 15 is 0 Å². The lowest BCUT2D eigenvalue weighted by molar-refractivity contribution is -0.150. The Morgan fingerprint density at radius 2 is 2.00 bits per heavy atom. The highest BCUT2D eigenvalue weighted by Gasteiger charge is 2.37. The molecule has 0 amide bonds. The van der Waals surface area contributed by atoms with Gasteiger partial charge in [0.05, 0.1) is 7.11 Å². The van der Waals surface area contributed by atoms with Gasteiger partial charge in [0.2, 0.25) is 3.79 Å². The second-order valence-corrected chi connectivity index (χ2v) is 3.84. The number of carbonyl (C=O) groups excluding carboxylic acids is 1. The molecule has 3 nitrogen and oxygen atoms in total. The Hall–Kier alpha value is 0.300. The van der Waals surface area contributed by atoms with Crippen LogP contribution in [-0.2, 0) is 9.53 Å². The molecule has 0 aliphatic rings. The van der Waals surface area contributed by atoms with Crippen molar-refractivity contribution < 1.29 is 14.6 Å². The third-order valence-corrected chi connectivity index (χ3v) is 1.35. The number of hydrogen-bond acceptors (Lipinski definition) is 3. The average molecular weight is 207 g/mol. The van der Waals surface area contributed by atoms with Gasteiger partial charge >= 0.3 is 5.97 Å². The van der Waals surface area contributed by atoms with Crippen LogP contribution in [0, 0.1) is 0 Å². The van der Waals surface area contributed by atoms with Crippen molar-refractivity contribution in [2.45, 2.75) is 9.90 Å². The standard InChI is InChI=1S/C4H5Cl3O3/c1-10-3(9)2(8)4(5,6)7/h2,8H,1H3. The third-order valence-electron chi connectivity index (χ3n) is 0.734. The molecule has 0 saturated heterocycles. The number of aliphatic hydroxyl groups is 1. The summed E-state index contributed by atoms with van der Waals surface area (Å²) >= 11 is 15.4. The van der Waals surface area contributed by atoms with Gasteiger partial charge in [-0.1, -0.05) is 34.8 Å². The zero-order chi connectivity index (χ0) is 8.36. The minimum Gasteiger partial charge on any atom is -0.467 e. The van der Waals surface area contributed by atoms with Crippen LogP contribution in [0.15, 0.2) is 0 Å². The number of carbonyl (C=O) groups is 1. The van der Waals surface area contributed by atoms with E-state index in [9.17, 15) is 4.79 Å². The lowest BCUT2D eigenvalue weighted by Gasteiger charge is -2.15. The Morgan fingerprint density at radius 3 is 2.10 bits per heavy atom. The Kier molecular flexibility index (Phi) is 3.73. The Bertz CT molecular complexity index is 130. The molecule has 0 fully saturated rings. The summed E-state index contributed by atoms with van der Waals surface area (Å²) in [5, 5.41) is 8.78. The quantitative estimate of drug-likeness (QED) is 0.513. The Morgan fingerprint density at radius 1 is 1.60 bits per heavy atom. The number of rotatable bonds is 1. The van der Waals surface area contributed by atoms with Crippen LogP contribution in [0.25, 0.3) is 0 Å². The minimum atomic E-state index is -2.02. The van der Waals surface area contributed by atoms with Crippen LogP contribution in [0.1, 0.15) is 0 Å². The van der Waals surface area contributed by atoms with Crippen molar-refractivity contribution in [3.05, 3.63) is 0 Å². The highest BCUT2D eigenvalue weighted by atomic mass is 35.6. The number of ether oxygens (including phenoxy) is 1. The van der Waals surface area contributed by atoms with Crippen LogP contribution < -0.4 is 0 Å². The maximum absolute atomic E-state index is 10.4. The fourth-order valence-corrected chi connectivity index (χ4v) is 0.513. The Labute approximate surface area is 72.8 Å². The van der Waals surface area contributed by atoms with E-state index in [0.29, 0.717) is 0 Å². The third kappa shape index (κ3) is 2.92. The van der Waals surface area contributed by atoms with E-state index < -0.39 is 15.9 Å². The first kappa shape index (κ1) is 10.3. The van der Waals surface area contributed by atoms with E-state index in [4.69, 9.17) is 39.9 Å². The molecule has 0 saturated carbocycles. The lowest BCUT2D eigenvalue weighted by Crippen LogP contribution is -2.34. The van der Waals surface area contributed by atoms with Crippen molar-refractivity contribution in [3.8, 4) is 0 Å². The molecule has 60 valence electrons. The molecule has 0 aromatic carbocycles. The molecule has 1 N–H and O–H groups in total. The normalized spacial score (nSPS) is 14.5. The molecule has 0 heterocycles. The second-order valence-electron chi connectivity index (χ2n) is 1.47. The van der Waals surface area contributed by atoms with Gasteiger partial charge in [-0.25, -0.2) is 4.79 Å². The SMILES string of the molecule is COC(=O)C(O)C(Cl)(Cl)Cl. The second kappa shape index (κ2) is 3.62. The van der Waals surface area contributed by atoms with Crippen molar-refractivity contribution in [3.63, 3.8) is 0 Å². The monoisotopic (exact) mass is 206 g/mol. The van der Waals surface area contributed by atoms with Crippen LogP contribution in [0.5, 0.6) is 0 Å². The highest BCUT2D eigenvalue weighted by molar-refractivity contribution is 6.68. The van der Waals surface area contributed by atoms with Crippen molar-refractivity contribution in [1.82, 2.24) is 0 Å². The number of esters is 1. The molecule has 0 spiro atoms. The molecule has 0 aliphatic heterocycles. The van der Waals surface area contributed by atoms with E-state index in [1.807, 2.05) is 0 Å². The van der Waals surface area contributed by atoms with Gasteiger partial charge in [0.25, 0.3) is 0 Å². The number of aliphatic hydroxyl groups excluding tert-OH is 1. The van der Waals surface area contributed by atoms with E-state index in [0.717, 1.165) is 7.11 Å². The van der Waals surface area contributed by atoms with Crippen LogP contribution in [-0.4, -0.2) is 28.1 Å². The zero-order valence-corrected chi connectivity index (χ0v) is 7.24. The van der Waals surface area contributed by atoms with Gasteiger partial charge in [0.1, 0.15) is 0 Å². The molecule has 0 aliphatic carbocycles. The van der Waals surface area contributed by atoms with Gasteiger partial charge < -0.3 is 9.84 Å². The fraction of sp³-hybridized carbons (Fsp3) is 0.750. The van der Waals surface area contributed by atoms with Crippen LogP contribution >= 0.6 is 34.8 Å². The van der Waals surface area contributed by atoms with Crippen LogP contribution in [0.2, 0.25) is 0 Å². The summed E-state index contributed by atoms with van der Waals surface area (Å²) in [5.41, 5.74) is 0. The molecule has 0 aromatic rings. The highest BCUT2D eigenvalue weighted by Crippen LogP contribution is 2.30. The first-order valence-corrected chi connectivity index (χ1v) is 3.35. The van der Waals surface area contributed by atoms with Gasteiger partial charge in [0, 0.05) is 0 Å². The molecule has 1 atom stereocenters. The molecule has 1 unspecified atom stereocenters. The number of alkyl halides is 3. The van der Waals surface area contributed by atoms with E-state index in [-0.39, 0.29) is 0 Å². The molecule has 6 heteroatoms. The van der Waals surface area contributed by atoms with Crippen molar-refractivity contribution in [2.75, 3.05) is 7.11 Å². The van der Waals surface area contributed by atoms with Gasteiger partial charge in [-0.05, 0) is 0 Å². The summed E-state index contributed by atoms with van der Waals surface area (Å²) in [5.74, 6) is -0.972. The minimum absolute atomic E-state index is 0.972. The zero-order valence-electron chi connectivity index (χ0n) is 4.97. The number of hydrogen-bond donors (Lipinski definition) is 1. The predicted octanol–water partition coefficient (Wildman–Crippen LogP) is 0.890. The van der Waals surface area contributed by atoms with E-state index in [1.165, 1.54) is 0 Å². The van der Waals surface area contributed by atoms with Crippen LogP contribution in [0.4, 0.5) is 0 Å². The van der Waals surface area contributed by atoms with E-state index in [1.54, 1.807) is 0 Å². The summed E-state index contributed by atoms with van der Waals surface area (Å²) in [6, 6.07) is 0. The predicted molar refractivity (Wildman–Crippen MR) is 38.3 cm³/mol. The van der Waals surface area contributed by atoms with Crippen molar-refractivity contribution >= 4 is 40.8 Å². The van der Waals surface area contributed by atoms with E-state index in [2.05, 4.69) is 4.74 Å². The van der Waals surface area contributed by atoms with Crippen molar-refractivity contribution in [1.29, 1.82) is 0 Å². The fourth-order valence-electron chi connectivity index (χ4n) is 0.245. The molecule has 0 aromatic heterocycles. The number of halogens is 3. The maximum atomic E-state index is 10.4. The lowest BCUT2D eigenvalue weighted by atomic mass is 10.4. The van der Waals surface area contributed by atoms with Gasteiger partial charge in [-0.15, -0.1) is 0 Å². The average Bonchev–Trinajstić information content (AvgIpc) is 1.83. The first-order valence-electron chi connectivity index (χ1n) is 2.22. The largest absolute Gasteiger partial charge is 0.467 e.